The molecule has 0 spiro atoms. The number of aromatic nitrogens is 2. The maximum atomic E-state index is 12.1. The quantitative estimate of drug-likeness (QED) is 0.779. The Kier molecular flexibility index (Phi) is 3.62. The summed E-state index contributed by atoms with van der Waals surface area (Å²) in [6.07, 6.45) is 0. The predicted octanol–water partition coefficient (Wildman–Crippen LogP) is 2.92. The Morgan fingerprint density at radius 3 is 2.36 bits per heavy atom. The highest BCUT2D eigenvalue weighted by Crippen LogP contribution is 2.22. The van der Waals surface area contributed by atoms with Crippen molar-refractivity contribution in [3.8, 4) is 11.3 Å². The van der Waals surface area contributed by atoms with Gasteiger partial charge >= 0.3 is 0 Å². The molecule has 0 saturated heterocycles. The summed E-state index contributed by atoms with van der Waals surface area (Å²) in [7, 11) is 1.80. The fourth-order valence-corrected chi connectivity index (χ4v) is 2.14. The van der Waals surface area contributed by atoms with E-state index in [4.69, 9.17) is 5.73 Å². The van der Waals surface area contributed by atoms with Crippen molar-refractivity contribution in [2.24, 2.45) is 7.05 Å². The fraction of sp³-hybridized carbons (Fsp3) is 0.0588. The normalized spacial score (nSPS) is 10.4. The zero-order valence-electron chi connectivity index (χ0n) is 12.2. The number of nitrogens with two attached hydrogens (primary N) is 1. The van der Waals surface area contributed by atoms with Gasteiger partial charge in [-0.1, -0.05) is 30.3 Å². The second-order valence-corrected chi connectivity index (χ2v) is 4.98. The highest BCUT2D eigenvalue weighted by atomic mass is 16.1. The van der Waals surface area contributed by atoms with Gasteiger partial charge in [-0.3, -0.25) is 9.48 Å². The van der Waals surface area contributed by atoms with Gasteiger partial charge < -0.3 is 11.1 Å². The first kappa shape index (κ1) is 13.9. The summed E-state index contributed by atoms with van der Waals surface area (Å²) in [5.41, 5.74) is 8.90. The van der Waals surface area contributed by atoms with Crippen molar-refractivity contribution in [3.63, 3.8) is 0 Å². The third-order valence-corrected chi connectivity index (χ3v) is 3.39. The molecule has 5 nitrogen and oxygen atoms in total. The molecule has 22 heavy (non-hydrogen) atoms. The van der Waals surface area contributed by atoms with Crippen LogP contribution in [0.3, 0.4) is 0 Å². The van der Waals surface area contributed by atoms with Crippen molar-refractivity contribution in [3.05, 3.63) is 66.2 Å². The molecule has 0 fully saturated rings. The van der Waals surface area contributed by atoms with Crippen molar-refractivity contribution in [1.29, 1.82) is 0 Å². The van der Waals surface area contributed by atoms with Gasteiger partial charge in [-0.2, -0.15) is 5.10 Å². The standard InChI is InChI=1S/C17H16N4O/c1-21-16(18)11-15(20-21)12-7-9-14(10-8-12)19-17(22)13-5-3-2-4-6-13/h2-11H,18H2,1H3,(H,19,22). The Hall–Kier alpha value is -3.08. The average Bonchev–Trinajstić information content (AvgIpc) is 2.88. The van der Waals surface area contributed by atoms with E-state index in [9.17, 15) is 4.79 Å². The Balaban J connectivity index is 1.76. The molecule has 110 valence electrons. The summed E-state index contributed by atoms with van der Waals surface area (Å²) in [6.45, 7) is 0. The lowest BCUT2D eigenvalue weighted by molar-refractivity contribution is 0.102. The number of benzene rings is 2. The highest BCUT2D eigenvalue weighted by molar-refractivity contribution is 6.04. The van der Waals surface area contributed by atoms with Gasteiger partial charge in [-0.15, -0.1) is 0 Å². The molecule has 3 aromatic rings. The number of hydrogen-bond donors (Lipinski definition) is 2. The molecule has 0 unspecified atom stereocenters. The molecule has 0 aliphatic rings. The second kappa shape index (κ2) is 5.73. The predicted molar refractivity (Wildman–Crippen MR) is 87.5 cm³/mol. The molecule has 0 atom stereocenters. The van der Waals surface area contributed by atoms with E-state index in [2.05, 4.69) is 10.4 Å². The summed E-state index contributed by atoms with van der Waals surface area (Å²) < 4.78 is 1.63. The summed E-state index contributed by atoms with van der Waals surface area (Å²) in [5, 5.41) is 7.19. The molecule has 5 heteroatoms. The second-order valence-electron chi connectivity index (χ2n) is 4.98. The molecule has 3 rings (SSSR count). The van der Waals surface area contributed by atoms with Gasteiger partial charge in [0.2, 0.25) is 0 Å². The van der Waals surface area contributed by atoms with E-state index in [1.807, 2.05) is 48.5 Å². The zero-order chi connectivity index (χ0) is 15.5. The topological polar surface area (TPSA) is 72.9 Å². The van der Waals surface area contributed by atoms with Crippen LogP contribution in [0, 0.1) is 0 Å². The van der Waals surface area contributed by atoms with E-state index in [0.29, 0.717) is 11.4 Å². The number of nitrogens with zero attached hydrogens (tertiary/aromatic N) is 2. The summed E-state index contributed by atoms with van der Waals surface area (Å²) in [4.78, 5) is 12.1. The van der Waals surface area contributed by atoms with Gasteiger partial charge in [-0.05, 0) is 24.3 Å². The van der Waals surface area contributed by atoms with Crippen molar-refractivity contribution < 1.29 is 4.79 Å². The van der Waals surface area contributed by atoms with Gasteiger partial charge in [0.15, 0.2) is 0 Å². The summed E-state index contributed by atoms with van der Waals surface area (Å²) in [6, 6.07) is 18.4. The first-order valence-electron chi connectivity index (χ1n) is 6.90. The smallest absolute Gasteiger partial charge is 0.255 e. The van der Waals surface area contributed by atoms with E-state index in [-0.39, 0.29) is 5.91 Å². The van der Waals surface area contributed by atoms with Gasteiger partial charge in [0, 0.05) is 29.9 Å². The maximum Gasteiger partial charge on any atom is 0.255 e. The Bertz CT molecular complexity index is 772. The molecule has 0 saturated carbocycles. The lowest BCUT2D eigenvalue weighted by Crippen LogP contribution is -2.11. The van der Waals surface area contributed by atoms with E-state index < -0.39 is 0 Å². The molecule has 2 aromatic carbocycles. The first-order chi connectivity index (χ1) is 10.6. The number of anilines is 2. The monoisotopic (exact) mass is 292 g/mol. The molecule has 0 aliphatic carbocycles. The van der Waals surface area contributed by atoms with E-state index >= 15 is 0 Å². The SMILES string of the molecule is Cn1nc(-c2ccc(NC(=O)c3ccccc3)cc2)cc1N. The Morgan fingerprint density at radius 1 is 1.09 bits per heavy atom. The zero-order valence-corrected chi connectivity index (χ0v) is 12.2. The van der Waals surface area contributed by atoms with E-state index in [1.54, 1.807) is 23.9 Å². The number of carbonyl (C=O) groups excluding carboxylic acids is 1. The number of amides is 1. The van der Waals surface area contributed by atoms with E-state index in [0.717, 1.165) is 16.9 Å². The molecule has 1 heterocycles. The van der Waals surface area contributed by atoms with Gasteiger partial charge in [-0.25, -0.2) is 0 Å². The van der Waals surface area contributed by atoms with Crippen LogP contribution in [0.1, 0.15) is 10.4 Å². The lowest BCUT2D eigenvalue weighted by Gasteiger charge is -2.05. The van der Waals surface area contributed by atoms with Gasteiger partial charge in [0.1, 0.15) is 5.82 Å². The van der Waals surface area contributed by atoms with Crippen LogP contribution in [0.15, 0.2) is 60.7 Å². The Labute approximate surface area is 128 Å². The third-order valence-electron chi connectivity index (χ3n) is 3.39. The van der Waals surface area contributed by atoms with Gasteiger partial charge in [0.05, 0.1) is 5.69 Å². The molecule has 0 aliphatic heterocycles. The highest BCUT2D eigenvalue weighted by Gasteiger charge is 2.07. The van der Waals surface area contributed by atoms with Crippen LogP contribution >= 0.6 is 0 Å². The number of nitrogen functional groups attached to an aromatic ring is 1. The van der Waals surface area contributed by atoms with Crippen LogP contribution in [-0.2, 0) is 7.05 Å². The Morgan fingerprint density at radius 2 is 1.77 bits per heavy atom. The summed E-state index contributed by atoms with van der Waals surface area (Å²) in [5.74, 6) is 0.479. The number of aryl methyl sites for hydroxylation is 1. The molecular weight excluding hydrogens is 276 g/mol. The fourth-order valence-electron chi connectivity index (χ4n) is 2.14. The van der Waals surface area contributed by atoms with Crippen molar-refractivity contribution in [1.82, 2.24) is 9.78 Å². The van der Waals surface area contributed by atoms with Crippen molar-refractivity contribution in [2.75, 3.05) is 11.1 Å². The third kappa shape index (κ3) is 2.83. The molecular formula is C17H16N4O. The molecule has 0 radical (unpaired) electrons. The van der Waals surface area contributed by atoms with Crippen LogP contribution in [0.25, 0.3) is 11.3 Å². The van der Waals surface area contributed by atoms with Crippen molar-refractivity contribution >= 4 is 17.4 Å². The van der Waals surface area contributed by atoms with Gasteiger partial charge in [0.25, 0.3) is 5.91 Å². The van der Waals surface area contributed by atoms with Crippen molar-refractivity contribution in [2.45, 2.75) is 0 Å². The average molecular weight is 292 g/mol. The largest absolute Gasteiger partial charge is 0.384 e. The number of hydrogen-bond acceptors (Lipinski definition) is 3. The molecule has 0 bridgehead atoms. The van der Waals surface area contributed by atoms with E-state index in [1.165, 1.54) is 0 Å². The minimum Gasteiger partial charge on any atom is -0.384 e. The van der Waals surface area contributed by atoms with Crippen LogP contribution < -0.4 is 11.1 Å². The number of rotatable bonds is 3. The molecule has 1 aromatic heterocycles. The number of carbonyl (C=O) groups is 1. The van der Waals surface area contributed by atoms with Crippen LogP contribution in [0.2, 0.25) is 0 Å². The summed E-state index contributed by atoms with van der Waals surface area (Å²) >= 11 is 0. The van der Waals surface area contributed by atoms with Crippen LogP contribution in [-0.4, -0.2) is 15.7 Å². The molecule has 1 amide bonds. The maximum absolute atomic E-state index is 12.1. The first-order valence-corrected chi connectivity index (χ1v) is 6.90. The van der Waals surface area contributed by atoms with Crippen LogP contribution in [0.5, 0.6) is 0 Å². The lowest BCUT2D eigenvalue weighted by atomic mass is 10.1. The minimum atomic E-state index is -0.129. The minimum absolute atomic E-state index is 0.129. The number of nitrogens with one attached hydrogen (secondary N) is 1. The molecule has 3 N–H and O–H groups in total. The van der Waals surface area contributed by atoms with Crippen LogP contribution in [0.4, 0.5) is 11.5 Å².